The number of benzene rings is 1. The Labute approximate surface area is 178 Å². The van der Waals surface area contributed by atoms with E-state index in [0.717, 1.165) is 35.2 Å². The van der Waals surface area contributed by atoms with Crippen molar-refractivity contribution in [3.63, 3.8) is 0 Å². The molecule has 0 aliphatic carbocycles. The van der Waals surface area contributed by atoms with E-state index >= 15 is 0 Å². The van der Waals surface area contributed by atoms with Gasteiger partial charge in [0.25, 0.3) is 5.91 Å². The average Bonchev–Trinajstić information content (AvgIpc) is 2.72. The van der Waals surface area contributed by atoms with E-state index in [9.17, 15) is 4.79 Å². The summed E-state index contributed by atoms with van der Waals surface area (Å²) in [7, 11) is 3.68. The number of nitrogens with zero attached hydrogens (tertiary/aromatic N) is 3. The van der Waals surface area contributed by atoms with Crippen LogP contribution in [-0.2, 0) is 10.5 Å². The van der Waals surface area contributed by atoms with Crippen LogP contribution in [0.1, 0.15) is 54.7 Å². The molecule has 0 saturated heterocycles. The van der Waals surface area contributed by atoms with Crippen molar-refractivity contribution < 1.29 is 9.53 Å². The van der Waals surface area contributed by atoms with Crippen LogP contribution in [0, 0.1) is 0 Å². The Kier molecular flexibility index (Phi) is 9.41. The molecule has 1 aromatic carbocycles. The monoisotopic (exact) mass is 416 g/mol. The number of carbonyl (C=O) groups is 1. The van der Waals surface area contributed by atoms with E-state index in [-0.39, 0.29) is 5.91 Å². The van der Waals surface area contributed by atoms with Crippen LogP contribution >= 0.6 is 11.8 Å². The summed E-state index contributed by atoms with van der Waals surface area (Å²) in [5.41, 5.74) is 2.77. The Morgan fingerprint density at radius 3 is 2.76 bits per heavy atom. The first kappa shape index (κ1) is 23.2. The lowest BCUT2D eigenvalue weighted by Gasteiger charge is -2.19. The van der Waals surface area contributed by atoms with Crippen LogP contribution in [0.5, 0.6) is 0 Å². The SMILES string of the molecule is CCCN(C)c1cc(C(C)C)nc(SCc2cccc(C(=O)NCCOC)c2)n1. The second kappa shape index (κ2) is 11.8. The summed E-state index contributed by atoms with van der Waals surface area (Å²) in [6.07, 6.45) is 1.07. The zero-order valence-corrected chi connectivity index (χ0v) is 18.9. The van der Waals surface area contributed by atoms with E-state index in [4.69, 9.17) is 14.7 Å². The minimum absolute atomic E-state index is 0.0876. The minimum atomic E-state index is -0.0876. The predicted octanol–water partition coefficient (Wildman–Crippen LogP) is 4.11. The molecule has 0 atom stereocenters. The van der Waals surface area contributed by atoms with Crippen molar-refractivity contribution in [3.8, 4) is 0 Å². The van der Waals surface area contributed by atoms with Crippen LogP contribution in [0.25, 0.3) is 0 Å². The molecule has 1 aromatic heterocycles. The highest BCUT2D eigenvalue weighted by atomic mass is 32.2. The highest BCUT2D eigenvalue weighted by molar-refractivity contribution is 7.98. The smallest absolute Gasteiger partial charge is 0.251 e. The predicted molar refractivity (Wildman–Crippen MR) is 120 cm³/mol. The number of ether oxygens (including phenoxy) is 1. The van der Waals surface area contributed by atoms with E-state index in [2.05, 4.69) is 44.1 Å². The van der Waals surface area contributed by atoms with Gasteiger partial charge in [-0.1, -0.05) is 44.7 Å². The summed E-state index contributed by atoms with van der Waals surface area (Å²) in [5, 5.41) is 3.62. The molecule has 0 radical (unpaired) electrons. The topological polar surface area (TPSA) is 67.4 Å². The molecule has 158 valence electrons. The van der Waals surface area contributed by atoms with Crippen LogP contribution in [0.4, 0.5) is 5.82 Å². The van der Waals surface area contributed by atoms with Crippen molar-refractivity contribution in [1.29, 1.82) is 0 Å². The summed E-state index contributed by atoms with van der Waals surface area (Å²) in [6, 6.07) is 9.76. The maximum absolute atomic E-state index is 12.2. The van der Waals surface area contributed by atoms with Gasteiger partial charge < -0.3 is 15.0 Å². The number of amides is 1. The molecule has 2 rings (SSSR count). The molecule has 0 bridgehead atoms. The Balaban J connectivity index is 2.10. The lowest BCUT2D eigenvalue weighted by molar-refractivity contribution is 0.0937. The van der Waals surface area contributed by atoms with Crippen LogP contribution in [-0.4, -0.2) is 49.7 Å². The van der Waals surface area contributed by atoms with Crippen molar-refractivity contribution >= 4 is 23.5 Å². The number of rotatable bonds is 11. The molecule has 1 heterocycles. The summed E-state index contributed by atoms with van der Waals surface area (Å²) in [4.78, 5) is 23.9. The molecule has 2 aromatic rings. The van der Waals surface area contributed by atoms with Crippen molar-refractivity contribution in [2.75, 3.05) is 38.8 Å². The third-order valence-electron chi connectivity index (χ3n) is 4.40. The summed E-state index contributed by atoms with van der Waals surface area (Å²) < 4.78 is 4.97. The zero-order valence-electron chi connectivity index (χ0n) is 18.1. The van der Waals surface area contributed by atoms with Crippen LogP contribution in [0.15, 0.2) is 35.5 Å². The number of hydrogen-bond donors (Lipinski definition) is 1. The number of thioether (sulfide) groups is 1. The Morgan fingerprint density at radius 1 is 1.28 bits per heavy atom. The maximum atomic E-state index is 12.2. The first-order valence-corrected chi connectivity index (χ1v) is 11.0. The molecule has 0 spiro atoms. The van der Waals surface area contributed by atoms with Gasteiger partial charge in [-0.05, 0) is 30.0 Å². The van der Waals surface area contributed by atoms with E-state index in [1.54, 1.807) is 18.9 Å². The highest BCUT2D eigenvalue weighted by Gasteiger charge is 2.12. The van der Waals surface area contributed by atoms with Gasteiger partial charge in [-0.2, -0.15) is 0 Å². The van der Waals surface area contributed by atoms with Gasteiger partial charge in [-0.15, -0.1) is 0 Å². The van der Waals surface area contributed by atoms with Gasteiger partial charge in [-0.3, -0.25) is 4.79 Å². The van der Waals surface area contributed by atoms with Crippen LogP contribution in [0.2, 0.25) is 0 Å². The maximum Gasteiger partial charge on any atom is 0.251 e. The van der Waals surface area contributed by atoms with Crippen molar-refractivity contribution in [2.45, 2.75) is 44.0 Å². The molecule has 0 saturated carbocycles. The normalized spacial score (nSPS) is 11.0. The van der Waals surface area contributed by atoms with Gasteiger partial charge >= 0.3 is 0 Å². The van der Waals surface area contributed by atoms with Gasteiger partial charge in [-0.25, -0.2) is 9.97 Å². The Hall–Kier alpha value is -2.12. The van der Waals surface area contributed by atoms with Gasteiger partial charge in [0.2, 0.25) is 0 Å². The van der Waals surface area contributed by atoms with Gasteiger partial charge in [0.1, 0.15) is 5.82 Å². The largest absolute Gasteiger partial charge is 0.383 e. The van der Waals surface area contributed by atoms with Gasteiger partial charge in [0, 0.05) is 50.3 Å². The van der Waals surface area contributed by atoms with Crippen molar-refractivity contribution in [3.05, 3.63) is 47.2 Å². The molecule has 0 unspecified atom stereocenters. The number of aromatic nitrogens is 2. The molecule has 29 heavy (non-hydrogen) atoms. The van der Waals surface area contributed by atoms with Crippen molar-refractivity contribution in [1.82, 2.24) is 15.3 Å². The van der Waals surface area contributed by atoms with Gasteiger partial charge in [0.15, 0.2) is 5.16 Å². The lowest BCUT2D eigenvalue weighted by Crippen LogP contribution is -2.26. The molecule has 0 fully saturated rings. The first-order chi connectivity index (χ1) is 13.9. The number of carbonyl (C=O) groups excluding carboxylic acids is 1. The number of methoxy groups -OCH3 is 1. The standard InChI is InChI=1S/C22H32N4O2S/c1-6-11-26(4)20-14-19(16(2)3)24-22(25-20)29-15-17-8-7-9-18(13-17)21(27)23-10-12-28-5/h7-9,13-14,16H,6,10-12,15H2,1-5H3,(H,23,27). The summed E-state index contributed by atoms with van der Waals surface area (Å²) >= 11 is 1.60. The van der Waals surface area contributed by atoms with Crippen LogP contribution < -0.4 is 10.2 Å². The molecular weight excluding hydrogens is 384 g/mol. The van der Waals surface area contributed by atoms with E-state index in [0.29, 0.717) is 30.4 Å². The first-order valence-electron chi connectivity index (χ1n) is 10.0. The summed E-state index contributed by atoms with van der Waals surface area (Å²) in [5.74, 6) is 1.91. The third-order valence-corrected chi connectivity index (χ3v) is 5.32. The second-order valence-corrected chi connectivity index (χ2v) is 8.19. The van der Waals surface area contributed by atoms with E-state index < -0.39 is 0 Å². The minimum Gasteiger partial charge on any atom is -0.383 e. The fourth-order valence-electron chi connectivity index (χ4n) is 2.75. The van der Waals surface area contributed by atoms with E-state index in [1.807, 2.05) is 24.3 Å². The second-order valence-electron chi connectivity index (χ2n) is 7.25. The quantitative estimate of drug-likeness (QED) is 0.338. The fourth-order valence-corrected chi connectivity index (χ4v) is 3.56. The fraction of sp³-hybridized carbons (Fsp3) is 0.500. The average molecular weight is 417 g/mol. The van der Waals surface area contributed by atoms with Crippen LogP contribution in [0.3, 0.4) is 0 Å². The number of nitrogens with one attached hydrogen (secondary N) is 1. The number of hydrogen-bond acceptors (Lipinski definition) is 6. The molecule has 6 nitrogen and oxygen atoms in total. The Morgan fingerprint density at radius 2 is 2.07 bits per heavy atom. The Bertz CT molecular complexity index is 798. The molecule has 0 aliphatic rings. The molecule has 1 amide bonds. The molecule has 0 aliphatic heterocycles. The zero-order chi connectivity index (χ0) is 21.2. The number of anilines is 1. The molecular formula is C22H32N4O2S. The molecule has 1 N–H and O–H groups in total. The lowest BCUT2D eigenvalue weighted by atomic mass is 10.1. The summed E-state index contributed by atoms with van der Waals surface area (Å²) in [6.45, 7) is 8.41. The van der Waals surface area contributed by atoms with Gasteiger partial charge in [0.05, 0.1) is 6.61 Å². The molecule has 7 heteroatoms. The highest BCUT2D eigenvalue weighted by Crippen LogP contribution is 2.25. The third kappa shape index (κ3) is 7.33. The van der Waals surface area contributed by atoms with E-state index in [1.165, 1.54) is 0 Å². The van der Waals surface area contributed by atoms with Crippen molar-refractivity contribution in [2.24, 2.45) is 0 Å².